The lowest BCUT2D eigenvalue weighted by atomic mass is 10.3. The van der Waals surface area contributed by atoms with Crippen molar-refractivity contribution >= 4 is 17.0 Å². The summed E-state index contributed by atoms with van der Waals surface area (Å²) in [6.07, 6.45) is 3.68. The van der Waals surface area contributed by atoms with Crippen LogP contribution in [0.15, 0.2) is 71.7 Å². The number of rotatable bonds is 2. The molecule has 0 amide bonds. The fraction of sp³-hybridized carbons (Fsp3) is 0.261. The van der Waals surface area contributed by atoms with Gasteiger partial charge in [-0.05, 0) is 51.2 Å². The minimum Gasteiger partial charge on any atom is -0.342 e. The molecule has 0 atom stereocenters. The van der Waals surface area contributed by atoms with Crippen molar-refractivity contribution in [2.75, 3.05) is 32.1 Å². The molecule has 0 bridgehead atoms. The molecule has 0 spiro atoms. The summed E-state index contributed by atoms with van der Waals surface area (Å²) in [7, 11) is 3.75. The number of aromatic amines is 1. The van der Waals surface area contributed by atoms with E-state index in [0.29, 0.717) is 22.7 Å². The van der Waals surface area contributed by atoms with Gasteiger partial charge in [-0.25, -0.2) is 9.07 Å². The van der Waals surface area contributed by atoms with E-state index >= 15 is 0 Å². The first-order valence-electron chi connectivity index (χ1n) is 10.2. The number of hydrogen-bond donors (Lipinski definition) is 2. The number of benzene rings is 2. The molecule has 0 unspecified atom stereocenters. The van der Waals surface area contributed by atoms with Crippen molar-refractivity contribution in [1.29, 1.82) is 0 Å². The van der Waals surface area contributed by atoms with E-state index < -0.39 is 0 Å². The first-order valence-corrected chi connectivity index (χ1v) is 10.2. The van der Waals surface area contributed by atoms with Gasteiger partial charge in [-0.1, -0.05) is 36.4 Å². The van der Waals surface area contributed by atoms with Crippen LogP contribution in [0.5, 0.6) is 0 Å². The molecule has 2 aromatic heterocycles. The SMILES string of the molecule is CNC.O=c1[nH]c(N2CCCC2)nc2c1cnn2-c1ccc(F)cc1.c1ccccc1. The van der Waals surface area contributed by atoms with Crippen molar-refractivity contribution in [1.82, 2.24) is 25.1 Å². The van der Waals surface area contributed by atoms with Gasteiger partial charge in [0.1, 0.15) is 11.2 Å². The van der Waals surface area contributed by atoms with Gasteiger partial charge < -0.3 is 10.2 Å². The molecule has 0 saturated carbocycles. The maximum absolute atomic E-state index is 13.1. The Hall–Kier alpha value is -3.52. The van der Waals surface area contributed by atoms with Crippen molar-refractivity contribution in [3.05, 3.63) is 83.0 Å². The summed E-state index contributed by atoms with van der Waals surface area (Å²) in [6, 6.07) is 17.9. The topological polar surface area (TPSA) is 78.8 Å². The Morgan fingerprint density at radius 3 is 2.06 bits per heavy atom. The van der Waals surface area contributed by atoms with E-state index in [4.69, 9.17) is 0 Å². The summed E-state index contributed by atoms with van der Waals surface area (Å²) in [5, 5.41) is 7.39. The molecule has 0 radical (unpaired) electrons. The molecule has 8 heteroatoms. The zero-order valence-corrected chi connectivity index (χ0v) is 17.8. The van der Waals surface area contributed by atoms with Crippen LogP contribution in [0.25, 0.3) is 16.7 Å². The largest absolute Gasteiger partial charge is 0.342 e. The van der Waals surface area contributed by atoms with Crippen LogP contribution in [0.4, 0.5) is 10.3 Å². The van der Waals surface area contributed by atoms with Crippen LogP contribution in [-0.4, -0.2) is 46.9 Å². The second-order valence-electron chi connectivity index (χ2n) is 7.01. The van der Waals surface area contributed by atoms with Crippen LogP contribution in [0.1, 0.15) is 12.8 Å². The normalized spacial score (nSPS) is 12.7. The molecule has 2 aromatic carbocycles. The molecule has 1 aliphatic heterocycles. The number of fused-ring (bicyclic) bond motifs is 1. The molecule has 2 N–H and O–H groups in total. The van der Waals surface area contributed by atoms with E-state index in [0.717, 1.165) is 25.9 Å². The Morgan fingerprint density at radius 1 is 0.968 bits per heavy atom. The molecule has 4 aromatic rings. The molecule has 31 heavy (non-hydrogen) atoms. The van der Waals surface area contributed by atoms with Crippen molar-refractivity contribution in [3.8, 4) is 5.69 Å². The van der Waals surface area contributed by atoms with E-state index in [-0.39, 0.29) is 11.4 Å². The van der Waals surface area contributed by atoms with Crippen LogP contribution >= 0.6 is 0 Å². The van der Waals surface area contributed by atoms with Gasteiger partial charge in [0.05, 0.1) is 11.9 Å². The summed E-state index contributed by atoms with van der Waals surface area (Å²) >= 11 is 0. The average Bonchev–Trinajstić information content (AvgIpc) is 3.47. The second kappa shape index (κ2) is 11.0. The molecule has 0 aliphatic carbocycles. The van der Waals surface area contributed by atoms with E-state index in [1.807, 2.05) is 50.5 Å². The molecule has 3 heterocycles. The Morgan fingerprint density at radius 2 is 1.52 bits per heavy atom. The lowest BCUT2D eigenvalue weighted by molar-refractivity contribution is 0.627. The third kappa shape index (κ3) is 5.76. The van der Waals surface area contributed by atoms with Gasteiger partial charge >= 0.3 is 0 Å². The Kier molecular flexibility index (Phi) is 7.89. The Balaban J connectivity index is 0.000000255. The third-order valence-electron chi connectivity index (χ3n) is 4.57. The number of halogens is 1. The predicted molar refractivity (Wildman–Crippen MR) is 122 cm³/mol. The van der Waals surface area contributed by atoms with Gasteiger partial charge in [0, 0.05) is 13.1 Å². The summed E-state index contributed by atoms with van der Waals surface area (Å²) in [4.78, 5) is 21.6. The summed E-state index contributed by atoms with van der Waals surface area (Å²) in [6.45, 7) is 1.78. The Bertz CT molecular complexity index is 1090. The van der Waals surface area contributed by atoms with Gasteiger partial charge in [-0.15, -0.1) is 0 Å². The number of aromatic nitrogens is 4. The highest BCUT2D eigenvalue weighted by molar-refractivity contribution is 5.76. The highest BCUT2D eigenvalue weighted by Crippen LogP contribution is 2.19. The molecule has 7 nitrogen and oxygen atoms in total. The number of anilines is 1. The third-order valence-corrected chi connectivity index (χ3v) is 4.57. The van der Waals surface area contributed by atoms with Gasteiger partial charge in [0.15, 0.2) is 5.65 Å². The van der Waals surface area contributed by atoms with Crippen LogP contribution in [0, 0.1) is 5.82 Å². The minimum atomic E-state index is -0.316. The molecular formula is C23H27FN6O. The van der Waals surface area contributed by atoms with Gasteiger partial charge in [-0.2, -0.15) is 10.1 Å². The highest BCUT2D eigenvalue weighted by atomic mass is 19.1. The molecule has 5 rings (SSSR count). The number of nitrogens with zero attached hydrogens (tertiary/aromatic N) is 4. The lowest BCUT2D eigenvalue weighted by Crippen LogP contribution is -2.24. The smallest absolute Gasteiger partial charge is 0.263 e. The maximum Gasteiger partial charge on any atom is 0.263 e. The summed E-state index contributed by atoms with van der Waals surface area (Å²) < 4.78 is 14.6. The predicted octanol–water partition coefficient (Wildman–Crippen LogP) is 3.37. The van der Waals surface area contributed by atoms with Crippen molar-refractivity contribution in [3.63, 3.8) is 0 Å². The van der Waals surface area contributed by atoms with E-state index in [9.17, 15) is 9.18 Å². The molecule has 1 saturated heterocycles. The average molecular weight is 423 g/mol. The van der Waals surface area contributed by atoms with Gasteiger partial charge in [-0.3, -0.25) is 9.78 Å². The van der Waals surface area contributed by atoms with E-state index in [1.165, 1.54) is 18.3 Å². The molecular weight excluding hydrogens is 395 g/mol. The maximum atomic E-state index is 13.1. The monoisotopic (exact) mass is 422 g/mol. The fourth-order valence-electron chi connectivity index (χ4n) is 3.14. The van der Waals surface area contributed by atoms with Crippen molar-refractivity contribution in [2.45, 2.75) is 12.8 Å². The van der Waals surface area contributed by atoms with Crippen LogP contribution in [-0.2, 0) is 0 Å². The first kappa shape index (κ1) is 22.2. The lowest BCUT2D eigenvalue weighted by Gasteiger charge is -2.15. The molecule has 1 fully saturated rings. The van der Waals surface area contributed by atoms with Crippen molar-refractivity contribution in [2.24, 2.45) is 0 Å². The number of hydrogen-bond acceptors (Lipinski definition) is 5. The summed E-state index contributed by atoms with van der Waals surface area (Å²) in [5.74, 6) is 0.252. The van der Waals surface area contributed by atoms with Gasteiger partial charge in [0.25, 0.3) is 5.56 Å². The van der Waals surface area contributed by atoms with Gasteiger partial charge in [0.2, 0.25) is 5.95 Å². The van der Waals surface area contributed by atoms with Crippen LogP contribution in [0.2, 0.25) is 0 Å². The highest BCUT2D eigenvalue weighted by Gasteiger charge is 2.18. The fourth-order valence-corrected chi connectivity index (χ4v) is 3.14. The van der Waals surface area contributed by atoms with Crippen molar-refractivity contribution < 1.29 is 4.39 Å². The zero-order chi connectivity index (χ0) is 22.1. The number of nitrogens with one attached hydrogen (secondary N) is 2. The van der Waals surface area contributed by atoms with Crippen LogP contribution in [0.3, 0.4) is 0 Å². The molecule has 1 aliphatic rings. The van der Waals surface area contributed by atoms with E-state index in [1.54, 1.807) is 16.8 Å². The van der Waals surface area contributed by atoms with E-state index in [2.05, 4.69) is 25.3 Å². The Labute approximate surface area is 180 Å². The minimum absolute atomic E-state index is 0.208. The summed E-state index contributed by atoms with van der Waals surface area (Å²) in [5.41, 5.74) is 0.944. The quantitative estimate of drug-likeness (QED) is 0.518. The van der Waals surface area contributed by atoms with Crippen LogP contribution < -0.4 is 15.8 Å². The zero-order valence-electron chi connectivity index (χ0n) is 17.8. The standard InChI is InChI=1S/C15H14FN5O.C6H6.C2H7N/c16-10-3-5-11(6-4-10)21-13-12(9-17-21)14(22)19-15(18-13)20-7-1-2-8-20;1-2-4-6-5-3-1;1-3-2/h3-6,9H,1-2,7-8H2,(H,18,19,22);1-6H;3H,1-2H3. The molecule has 162 valence electrons. The number of H-pyrrole nitrogens is 1. The first-order chi connectivity index (χ1) is 15.1. The second-order valence-corrected chi connectivity index (χ2v) is 7.01.